The third-order valence-electron chi connectivity index (χ3n) is 11.3. The molecule has 1 saturated carbocycles. The minimum atomic E-state index is -1.09. The first-order valence-electron chi connectivity index (χ1n) is 20.2. The quantitative estimate of drug-likeness (QED) is 0.0549. The first kappa shape index (κ1) is 39.2. The number of rotatable bonds is 12. The summed E-state index contributed by atoms with van der Waals surface area (Å²) in [5.41, 5.74) is 14.2. The van der Waals surface area contributed by atoms with E-state index in [0.717, 1.165) is 78.8 Å². The molecule has 2 fully saturated rings. The molecule has 0 unspecified atom stereocenters. The zero-order valence-electron chi connectivity index (χ0n) is 33.8. The molecule has 13 nitrogen and oxygen atoms in total. The molecular weight excluding hydrogens is 723 g/mol. The first-order valence-corrected chi connectivity index (χ1v) is 27.6. The zero-order valence-corrected chi connectivity index (χ0v) is 35.8. The summed E-state index contributed by atoms with van der Waals surface area (Å²) in [6, 6.07) is 6.62. The molecule has 6 aromatic rings. The van der Waals surface area contributed by atoms with E-state index in [4.69, 9.17) is 20.6 Å². The van der Waals surface area contributed by atoms with Crippen LogP contribution in [0.5, 0.6) is 0 Å². The molecule has 7 heterocycles. The van der Waals surface area contributed by atoms with Crippen LogP contribution in [0.15, 0.2) is 49.3 Å². The van der Waals surface area contributed by atoms with E-state index in [1.54, 1.807) is 0 Å². The molecule has 0 spiro atoms. The number of nitrogens with two attached hydrogens (primary N) is 1. The molecule has 0 aromatic carbocycles. The lowest BCUT2D eigenvalue weighted by Crippen LogP contribution is -2.41. The Morgan fingerprint density at radius 2 is 1.13 bits per heavy atom. The number of ether oxygens (including phenoxy) is 2. The number of aromatic nitrogens is 8. The topological polar surface area (TPSA) is 142 Å². The van der Waals surface area contributed by atoms with Gasteiger partial charge in [-0.2, -0.15) is 0 Å². The average Bonchev–Trinajstić information content (AvgIpc) is 3.96. The van der Waals surface area contributed by atoms with Gasteiger partial charge in [-0.25, -0.2) is 19.9 Å². The third kappa shape index (κ3) is 9.16. The van der Waals surface area contributed by atoms with Crippen molar-refractivity contribution in [3.05, 3.63) is 60.7 Å². The van der Waals surface area contributed by atoms with Gasteiger partial charge < -0.3 is 29.2 Å². The lowest BCUT2D eigenvalue weighted by molar-refractivity contribution is 0.0898. The number of fused-ring (bicyclic) bond motifs is 6. The van der Waals surface area contributed by atoms with Crippen molar-refractivity contribution in [1.82, 2.24) is 42.8 Å². The van der Waals surface area contributed by atoms with Crippen molar-refractivity contribution < 1.29 is 9.47 Å². The van der Waals surface area contributed by atoms with Crippen LogP contribution in [-0.4, -0.2) is 91.2 Å². The molecule has 55 heavy (non-hydrogen) atoms. The van der Waals surface area contributed by atoms with Crippen LogP contribution in [0.4, 0.5) is 0 Å². The molecule has 6 aromatic heterocycles. The van der Waals surface area contributed by atoms with Gasteiger partial charge in [0.1, 0.15) is 13.5 Å². The summed E-state index contributed by atoms with van der Waals surface area (Å²) in [7, 11) is -2.13. The van der Waals surface area contributed by atoms with E-state index in [1.807, 2.05) is 29.7 Å². The van der Waals surface area contributed by atoms with E-state index in [-0.39, 0.29) is 5.96 Å². The minimum Gasteiger partial charge on any atom is -0.370 e. The third-order valence-corrected chi connectivity index (χ3v) is 14.7. The lowest BCUT2D eigenvalue weighted by Gasteiger charge is -2.32. The van der Waals surface area contributed by atoms with Crippen molar-refractivity contribution in [2.45, 2.75) is 122 Å². The number of piperidine rings is 1. The predicted molar refractivity (Wildman–Crippen MR) is 226 cm³/mol. The van der Waals surface area contributed by atoms with Gasteiger partial charge in [-0.05, 0) is 49.9 Å². The smallest absolute Gasteiger partial charge is 0.188 e. The van der Waals surface area contributed by atoms with Crippen molar-refractivity contribution in [2.24, 2.45) is 5.73 Å². The normalized spacial score (nSPS) is 16.4. The summed E-state index contributed by atoms with van der Waals surface area (Å²) in [6.07, 6.45) is 20.4. The first-order chi connectivity index (χ1) is 26.4. The van der Waals surface area contributed by atoms with Gasteiger partial charge in [0, 0.05) is 90.5 Å². The van der Waals surface area contributed by atoms with E-state index in [9.17, 15) is 0 Å². The second kappa shape index (κ2) is 16.6. The van der Waals surface area contributed by atoms with E-state index in [0.29, 0.717) is 25.3 Å². The van der Waals surface area contributed by atoms with Gasteiger partial charge in [-0.3, -0.25) is 14.2 Å². The molecule has 15 heteroatoms. The van der Waals surface area contributed by atoms with Gasteiger partial charge in [-0.15, -0.1) is 0 Å². The summed E-state index contributed by atoms with van der Waals surface area (Å²) >= 11 is 0. The maximum absolute atomic E-state index is 7.64. The van der Waals surface area contributed by atoms with Crippen molar-refractivity contribution in [1.29, 1.82) is 5.41 Å². The Kier molecular flexibility index (Phi) is 11.8. The van der Waals surface area contributed by atoms with Crippen LogP contribution < -0.4 is 5.73 Å². The molecule has 0 atom stereocenters. The number of imidazole rings is 2. The highest BCUT2D eigenvalue weighted by atomic mass is 28.3. The van der Waals surface area contributed by atoms with E-state index in [1.165, 1.54) is 49.5 Å². The lowest BCUT2D eigenvalue weighted by atomic mass is 9.87. The minimum absolute atomic E-state index is 0.166. The van der Waals surface area contributed by atoms with Crippen LogP contribution >= 0.6 is 0 Å². The van der Waals surface area contributed by atoms with Gasteiger partial charge in [0.05, 0.1) is 23.4 Å². The van der Waals surface area contributed by atoms with Crippen molar-refractivity contribution in [3.8, 4) is 0 Å². The fraction of sp³-hybridized carbons (Fsp3) is 0.575. The summed E-state index contributed by atoms with van der Waals surface area (Å²) in [5, 5.41) is 7.64. The van der Waals surface area contributed by atoms with Gasteiger partial charge in [0.2, 0.25) is 0 Å². The van der Waals surface area contributed by atoms with Gasteiger partial charge in [0.15, 0.2) is 28.5 Å². The van der Waals surface area contributed by atoms with Crippen LogP contribution in [0.1, 0.15) is 68.2 Å². The maximum atomic E-state index is 7.64. The Balaban J connectivity index is 0.000000170. The molecule has 0 radical (unpaired) electrons. The van der Waals surface area contributed by atoms with Gasteiger partial charge in [-0.1, -0.05) is 58.5 Å². The summed E-state index contributed by atoms with van der Waals surface area (Å²) in [5.74, 6) is 1.20. The van der Waals surface area contributed by atoms with Gasteiger partial charge in [0.25, 0.3) is 0 Å². The van der Waals surface area contributed by atoms with Crippen molar-refractivity contribution >= 4 is 55.7 Å². The molecule has 0 bridgehead atoms. The monoisotopic (exact) mass is 783 g/mol. The molecule has 0 amide bonds. The Morgan fingerprint density at radius 3 is 1.56 bits per heavy atom. The summed E-state index contributed by atoms with van der Waals surface area (Å²) in [6.45, 7) is 18.6. The Morgan fingerprint density at radius 1 is 0.673 bits per heavy atom. The standard InChI is InChI=1S/C20H31N7OSi.C20H30N4OSi/c1-29(2,3)11-10-28-14-26-9-6-16-19(26)24-13-18-23-12-17(27(16)18)15-4-7-25(8-5-15)20(21)22;1-26(2,3)12-11-25-15-23-10-9-17-20(23)22-14-19-21-13-18(24(17)19)16-7-5-4-6-8-16/h6,9,12-13,15H,4-5,7-8,10-11,14H2,1-3H3,(H3,21,22);9-10,13-14,16H,4-8,11-12,15H2,1-3H3. The molecule has 2 aliphatic rings. The molecule has 3 N–H and O–H groups in total. The Labute approximate surface area is 326 Å². The Bertz CT molecular complexity index is 2210. The van der Waals surface area contributed by atoms with Crippen LogP contribution in [0.3, 0.4) is 0 Å². The molecule has 1 aliphatic carbocycles. The highest BCUT2D eigenvalue weighted by Gasteiger charge is 2.25. The predicted octanol–water partition coefficient (Wildman–Crippen LogP) is 8.11. The number of hydrogen-bond acceptors (Lipinski definition) is 7. The van der Waals surface area contributed by atoms with E-state index < -0.39 is 16.1 Å². The SMILES string of the molecule is C[Si](C)(C)CCOCn1ccc2c1ncc1ncc(C3CCCCC3)n12.C[Si](C)(C)CCOCn1ccc2c1ncc1ncc(C3CCN(C(=N)N)CC3)n12. The molecule has 1 saturated heterocycles. The Hall–Kier alpha value is -4.06. The maximum Gasteiger partial charge on any atom is 0.188 e. The second-order valence-electron chi connectivity index (χ2n) is 17.9. The van der Waals surface area contributed by atoms with E-state index in [2.05, 4.69) is 102 Å². The molecular formula is C40H61N11O2Si2. The van der Waals surface area contributed by atoms with Crippen molar-refractivity contribution in [3.63, 3.8) is 0 Å². The molecule has 296 valence electrons. The van der Waals surface area contributed by atoms with Crippen molar-refractivity contribution in [2.75, 3.05) is 26.3 Å². The van der Waals surface area contributed by atoms with E-state index >= 15 is 0 Å². The fourth-order valence-corrected chi connectivity index (χ4v) is 9.44. The average molecular weight is 784 g/mol. The second-order valence-corrected chi connectivity index (χ2v) is 29.2. The summed E-state index contributed by atoms with van der Waals surface area (Å²) in [4.78, 5) is 20.5. The highest BCUT2D eigenvalue weighted by molar-refractivity contribution is 6.76. The van der Waals surface area contributed by atoms with Crippen LogP contribution in [-0.2, 0) is 22.9 Å². The molecule has 8 rings (SSSR count). The summed E-state index contributed by atoms with van der Waals surface area (Å²) < 4.78 is 20.6. The number of hydrogen-bond donors (Lipinski definition) is 2. The van der Waals surface area contributed by atoms with Crippen LogP contribution in [0.25, 0.3) is 33.6 Å². The number of likely N-dealkylation sites (tertiary alicyclic amines) is 1. The van der Waals surface area contributed by atoms with Gasteiger partial charge >= 0.3 is 0 Å². The number of nitrogens with zero attached hydrogens (tertiary/aromatic N) is 9. The number of guanidine groups is 1. The van der Waals surface area contributed by atoms with Crippen LogP contribution in [0.2, 0.25) is 51.4 Å². The fourth-order valence-electron chi connectivity index (χ4n) is 7.92. The largest absolute Gasteiger partial charge is 0.370 e. The molecule has 1 aliphatic heterocycles. The highest BCUT2D eigenvalue weighted by Crippen LogP contribution is 2.34. The number of nitrogens with one attached hydrogen (secondary N) is 1. The van der Waals surface area contributed by atoms with Crippen LogP contribution in [0, 0.1) is 5.41 Å². The zero-order chi connectivity index (χ0) is 38.7.